The van der Waals surface area contributed by atoms with E-state index in [0.29, 0.717) is 6.42 Å². The van der Waals surface area contributed by atoms with Crippen molar-refractivity contribution in [1.82, 2.24) is 4.57 Å². The fourth-order valence-electron chi connectivity index (χ4n) is 2.37. The summed E-state index contributed by atoms with van der Waals surface area (Å²) in [6.45, 7) is 6.21. The zero-order valence-electron chi connectivity index (χ0n) is 11.5. The van der Waals surface area contributed by atoms with Crippen LogP contribution >= 0.6 is 0 Å². The Morgan fingerprint density at radius 3 is 2.63 bits per heavy atom. The van der Waals surface area contributed by atoms with E-state index in [4.69, 9.17) is 0 Å². The number of aliphatic carboxylic acids is 1. The number of aryl methyl sites for hydroxylation is 1. The third kappa shape index (κ3) is 2.30. The topological polar surface area (TPSA) is 62.5 Å². The number of hydrogen-bond donors (Lipinski definition) is 2. The Bertz CT molecular complexity index is 626. The lowest BCUT2D eigenvalue weighted by Gasteiger charge is -2.18. The van der Waals surface area contributed by atoms with Crippen LogP contribution in [0.15, 0.2) is 24.4 Å². The molecule has 2 aromatic rings. The standard InChI is InChI=1S/C15H19NO3/c1-4-16-9-10(8-15(2,3)14(18)19)13-11(16)6-5-7-12(13)17/h5-7,9,17H,4,8H2,1-3H3,(H,18,19). The number of aromatic hydroxyl groups is 1. The highest BCUT2D eigenvalue weighted by atomic mass is 16.4. The second-order valence-corrected chi connectivity index (χ2v) is 5.48. The molecule has 1 heterocycles. The van der Waals surface area contributed by atoms with Gasteiger partial charge in [0.15, 0.2) is 0 Å². The van der Waals surface area contributed by atoms with E-state index >= 15 is 0 Å². The number of carboxylic acid groups (broad SMARTS) is 1. The molecule has 1 aromatic heterocycles. The lowest BCUT2D eigenvalue weighted by atomic mass is 9.86. The molecule has 0 amide bonds. The number of carbonyl (C=O) groups is 1. The van der Waals surface area contributed by atoms with Crippen molar-refractivity contribution in [2.45, 2.75) is 33.7 Å². The van der Waals surface area contributed by atoms with Gasteiger partial charge < -0.3 is 14.8 Å². The minimum absolute atomic E-state index is 0.209. The van der Waals surface area contributed by atoms with Crippen molar-refractivity contribution in [2.24, 2.45) is 5.41 Å². The van der Waals surface area contributed by atoms with Gasteiger partial charge in [0.2, 0.25) is 0 Å². The zero-order chi connectivity index (χ0) is 14.2. The molecule has 0 aliphatic carbocycles. The average molecular weight is 261 g/mol. The van der Waals surface area contributed by atoms with Crippen molar-refractivity contribution in [3.05, 3.63) is 30.0 Å². The van der Waals surface area contributed by atoms with Gasteiger partial charge in [0.25, 0.3) is 0 Å². The molecule has 1 aromatic carbocycles. The highest BCUT2D eigenvalue weighted by molar-refractivity contribution is 5.90. The average Bonchev–Trinajstić information content (AvgIpc) is 2.68. The molecule has 19 heavy (non-hydrogen) atoms. The van der Waals surface area contributed by atoms with E-state index in [1.807, 2.05) is 23.8 Å². The molecular weight excluding hydrogens is 242 g/mol. The van der Waals surface area contributed by atoms with Crippen LogP contribution < -0.4 is 0 Å². The van der Waals surface area contributed by atoms with Crippen molar-refractivity contribution >= 4 is 16.9 Å². The van der Waals surface area contributed by atoms with Gasteiger partial charge in [-0.05, 0) is 44.9 Å². The summed E-state index contributed by atoms with van der Waals surface area (Å²) in [5.74, 6) is -0.624. The quantitative estimate of drug-likeness (QED) is 0.889. The van der Waals surface area contributed by atoms with Crippen LogP contribution in [0.3, 0.4) is 0 Å². The van der Waals surface area contributed by atoms with Gasteiger partial charge >= 0.3 is 5.97 Å². The second kappa shape index (κ2) is 4.61. The van der Waals surface area contributed by atoms with Gasteiger partial charge in [-0.3, -0.25) is 4.79 Å². The summed E-state index contributed by atoms with van der Waals surface area (Å²) in [6, 6.07) is 5.38. The predicted octanol–water partition coefficient (Wildman–Crippen LogP) is 3.02. The molecule has 0 aliphatic rings. The van der Waals surface area contributed by atoms with Crippen LogP contribution in [0.25, 0.3) is 10.9 Å². The molecule has 0 unspecified atom stereocenters. The molecule has 0 fully saturated rings. The van der Waals surface area contributed by atoms with Crippen LogP contribution in [0.5, 0.6) is 5.75 Å². The summed E-state index contributed by atoms with van der Waals surface area (Å²) in [4.78, 5) is 11.3. The Morgan fingerprint density at radius 1 is 1.37 bits per heavy atom. The van der Waals surface area contributed by atoms with Crippen molar-refractivity contribution in [2.75, 3.05) is 0 Å². The van der Waals surface area contributed by atoms with Crippen molar-refractivity contribution < 1.29 is 15.0 Å². The van der Waals surface area contributed by atoms with Gasteiger partial charge in [0.1, 0.15) is 5.75 Å². The van der Waals surface area contributed by atoms with Gasteiger partial charge in [0.05, 0.1) is 10.9 Å². The van der Waals surface area contributed by atoms with Crippen molar-refractivity contribution in [1.29, 1.82) is 0 Å². The molecular formula is C15H19NO3. The number of carboxylic acids is 1. The van der Waals surface area contributed by atoms with Crippen molar-refractivity contribution in [3.8, 4) is 5.75 Å². The molecule has 0 bridgehead atoms. The molecule has 0 atom stereocenters. The predicted molar refractivity (Wildman–Crippen MR) is 74.4 cm³/mol. The van der Waals surface area contributed by atoms with Gasteiger partial charge in [-0.1, -0.05) is 6.07 Å². The van der Waals surface area contributed by atoms with Crippen molar-refractivity contribution in [3.63, 3.8) is 0 Å². The van der Waals surface area contributed by atoms with E-state index in [1.54, 1.807) is 26.0 Å². The molecule has 2 N–H and O–H groups in total. The van der Waals surface area contributed by atoms with Crippen LogP contribution in [-0.2, 0) is 17.8 Å². The Kier molecular flexibility index (Phi) is 3.27. The molecule has 0 saturated carbocycles. The van der Waals surface area contributed by atoms with Crippen LogP contribution in [0.2, 0.25) is 0 Å². The summed E-state index contributed by atoms with van der Waals surface area (Å²) in [6.07, 6.45) is 2.33. The van der Waals surface area contributed by atoms with E-state index in [-0.39, 0.29) is 5.75 Å². The van der Waals surface area contributed by atoms with E-state index in [9.17, 15) is 15.0 Å². The van der Waals surface area contributed by atoms with Crippen LogP contribution in [0.4, 0.5) is 0 Å². The monoisotopic (exact) mass is 261 g/mol. The Labute approximate surface area is 112 Å². The Balaban J connectivity index is 2.58. The molecule has 0 aliphatic heterocycles. The third-order valence-corrected chi connectivity index (χ3v) is 3.51. The number of aromatic nitrogens is 1. The number of phenolic OH excluding ortho intramolecular Hbond substituents is 1. The minimum Gasteiger partial charge on any atom is -0.507 e. The lowest BCUT2D eigenvalue weighted by molar-refractivity contribution is -0.146. The molecule has 0 spiro atoms. The number of fused-ring (bicyclic) bond motifs is 1. The van der Waals surface area contributed by atoms with Gasteiger partial charge in [0, 0.05) is 18.1 Å². The SMILES string of the molecule is CCn1cc(CC(C)(C)C(=O)O)c2c(O)cccc21. The summed E-state index contributed by atoms with van der Waals surface area (Å²) in [7, 11) is 0. The lowest BCUT2D eigenvalue weighted by Crippen LogP contribution is -2.26. The minimum atomic E-state index is -0.852. The number of phenols is 1. The molecule has 0 saturated heterocycles. The third-order valence-electron chi connectivity index (χ3n) is 3.51. The maximum absolute atomic E-state index is 11.3. The normalized spacial score (nSPS) is 11.9. The summed E-state index contributed by atoms with van der Waals surface area (Å²) >= 11 is 0. The number of hydrogen-bond acceptors (Lipinski definition) is 2. The van der Waals surface area contributed by atoms with Crippen LogP contribution in [0, 0.1) is 5.41 Å². The first kappa shape index (κ1) is 13.5. The number of rotatable bonds is 4. The first-order valence-corrected chi connectivity index (χ1v) is 6.40. The summed E-state index contributed by atoms with van der Waals surface area (Å²) in [5.41, 5.74) is 0.968. The molecule has 102 valence electrons. The molecule has 2 rings (SSSR count). The smallest absolute Gasteiger partial charge is 0.309 e. The molecule has 4 heteroatoms. The second-order valence-electron chi connectivity index (χ2n) is 5.48. The largest absolute Gasteiger partial charge is 0.507 e. The van der Waals surface area contributed by atoms with E-state index in [2.05, 4.69) is 0 Å². The highest BCUT2D eigenvalue weighted by Crippen LogP contribution is 2.34. The van der Waals surface area contributed by atoms with Gasteiger partial charge in [-0.15, -0.1) is 0 Å². The number of nitrogens with zero attached hydrogens (tertiary/aromatic N) is 1. The first-order valence-electron chi connectivity index (χ1n) is 6.40. The molecule has 4 nitrogen and oxygen atoms in total. The Morgan fingerprint density at radius 2 is 2.05 bits per heavy atom. The maximum atomic E-state index is 11.3. The number of benzene rings is 1. The maximum Gasteiger partial charge on any atom is 0.309 e. The molecule has 0 radical (unpaired) electrons. The fraction of sp³-hybridized carbons (Fsp3) is 0.400. The Hall–Kier alpha value is -1.97. The zero-order valence-corrected chi connectivity index (χ0v) is 11.5. The van der Waals surface area contributed by atoms with Crippen LogP contribution in [-0.4, -0.2) is 20.7 Å². The summed E-state index contributed by atoms with van der Waals surface area (Å²) < 4.78 is 2.03. The fourth-order valence-corrected chi connectivity index (χ4v) is 2.37. The van der Waals surface area contributed by atoms with E-state index in [0.717, 1.165) is 23.0 Å². The van der Waals surface area contributed by atoms with E-state index in [1.165, 1.54) is 0 Å². The van der Waals surface area contributed by atoms with Gasteiger partial charge in [-0.2, -0.15) is 0 Å². The van der Waals surface area contributed by atoms with Gasteiger partial charge in [-0.25, -0.2) is 0 Å². The summed E-state index contributed by atoms with van der Waals surface area (Å²) in [5, 5.41) is 20.0. The first-order chi connectivity index (χ1) is 8.86. The highest BCUT2D eigenvalue weighted by Gasteiger charge is 2.29. The van der Waals surface area contributed by atoms with E-state index < -0.39 is 11.4 Å². The van der Waals surface area contributed by atoms with Crippen LogP contribution in [0.1, 0.15) is 26.3 Å².